The fourth-order valence-corrected chi connectivity index (χ4v) is 1.32. The molecule has 3 heteroatoms. The van der Waals surface area contributed by atoms with Gasteiger partial charge in [-0.25, -0.2) is 4.98 Å². The summed E-state index contributed by atoms with van der Waals surface area (Å²) in [5, 5.41) is 4.40. The summed E-state index contributed by atoms with van der Waals surface area (Å²) in [6, 6.07) is 4.28. The van der Waals surface area contributed by atoms with Crippen LogP contribution in [0, 0.1) is 0 Å². The zero-order chi connectivity index (χ0) is 9.97. The lowest BCUT2D eigenvalue weighted by Crippen LogP contribution is -2.12. The van der Waals surface area contributed by atoms with E-state index in [0.717, 1.165) is 11.3 Å². The monoisotopic (exact) mass is 187 g/mol. The molecule has 0 saturated heterocycles. The largest absolute Gasteiger partial charge is 0.364 e. The fraction of sp³-hybridized carbons (Fsp3) is 0.182. The molecule has 0 aromatic carbocycles. The van der Waals surface area contributed by atoms with Crippen molar-refractivity contribution in [1.82, 2.24) is 9.97 Å². The summed E-state index contributed by atoms with van der Waals surface area (Å²) >= 11 is 0. The smallest absolute Gasteiger partial charge is 0.127 e. The molecule has 2 aromatic rings. The zero-order valence-corrected chi connectivity index (χ0v) is 8.12. The number of pyridine rings is 1. The summed E-state index contributed by atoms with van der Waals surface area (Å²) in [5.41, 5.74) is 1.06. The van der Waals surface area contributed by atoms with Crippen LogP contribution in [0.15, 0.2) is 37.2 Å². The number of aromatic amines is 1. The topological polar surface area (TPSA) is 40.7 Å². The van der Waals surface area contributed by atoms with Crippen LogP contribution < -0.4 is 5.32 Å². The summed E-state index contributed by atoms with van der Waals surface area (Å²) in [6.07, 6.45) is 5.59. The van der Waals surface area contributed by atoms with Gasteiger partial charge in [0, 0.05) is 17.6 Å². The highest BCUT2D eigenvalue weighted by atomic mass is 15.0. The molecule has 3 nitrogen and oxygen atoms in total. The van der Waals surface area contributed by atoms with Gasteiger partial charge in [-0.2, -0.15) is 0 Å². The quantitative estimate of drug-likeness (QED) is 0.725. The molecule has 2 rings (SSSR count). The van der Waals surface area contributed by atoms with E-state index in [9.17, 15) is 0 Å². The number of aromatic nitrogens is 2. The number of nitrogens with one attached hydrogen (secondary N) is 2. The third kappa shape index (κ3) is 1.62. The molecule has 0 aliphatic carbocycles. The van der Waals surface area contributed by atoms with E-state index in [0.29, 0.717) is 0 Å². The van der Waals surface area contributed by atoms with Gasteiger partial charge < -0.3 is 10.3 Å². The predicted molar refractivity (Wildman–Crippen MR) is 59.4 cm³/mol. The van der Waals surface area contributed by atoms with E-state index in [1.165, 1.54) is 5.39 Å². The Kier molecular flexibility index (Phi) is 2.23. The molecule has 0 spiro atoms. The van der Waals surface area contributed by atoms with Crippen molar-refractivity contribution >= 4 is 16.7 Å². The molecule has 0 amide bonds. The van der Waals surface area contributed by atoms with Crippen LogP contribution in [0.2, 0.25) is 0 Å². The Morgan fingerprint density at radius 1 is 1.64 bits per heavy atom. The van der Waals surface area contributed by atoms with Gasteiger partial charge in [-0.15, -0.1) is 6.58 Å². The lowest BCUT2D eigenvalue weighted by molar-refractivity contribution is 0.986. The summed E-state index contributed by atoms with van der Waals surface area (Å²) < 4.78 is 0. The molecule has 1 atom stereocenters. The minimum absolute atomic E-state index is 0.235. The van der Waals surface area contributed by atoms with Crippen molar-refractivity contribution in [1.29, 1.82) is 0 Å². The fourth-order valence-electron chi connectivity index (χ4n) is 1.32. The number of hydrogen-bond acceptors (Lipinski definition) is 2. The number of H-pyrrole nitrogens is 1. The van der Waals surface area contributed by atoms with Crippen molar-refractivity contribution in [2.75, 3.05) is 5.32 Å². The molecule has 1 unspecified atom stereocenters. The molecule has 0 saturated carbocycles. The van der Waals surface area contributed by atoms with E-state index < -0.39 is 0 Å². The molecule has 2 aromatic heterocycles. The third-order valence-corrected chi connectivity index (χ3v) is 2.17. The van der Waals surface area contributed by atoms with Crippen LogP contribution in [0.25, 0.3) is 10.9 Å². The van der Waals surface area contributed by atoms with Gasteiger partial charge in [0.15, 0.2) is 0 Å². The van der Waals surface area contributed by atoms with Crippen LogP contribution in [0.3, 0.4) is 0 Å². The normalized spacial score (nSPS) is 12.6. The van der Waals surface area contributed by atoms with Crippen molar-refractivity contribution in [3.05, 3.63) is 37.2 Å². The van der Waals surface area contributed by atoms with Gasteiger partial charge in [0.25, 0.3) is 0 Å². The van der Waals surface area contributed by atoms with E-state index in [4.69, 9.17) is 0 Å². The minimum Gasteiger partial charge on any atom is -0.364 e. The van der Waals surface area contributed by atoms with Crippen LogP contribution in [0.1, 0.15) is 6.92 Å². The molecule has 2 N–H and O–H groups in total. The van der Waals surface area contributed by atoms with Gasteiger partial charge in [-0.3, -0.25) is 0 Å². The summed E-state index contributed by atoms with van der Waals surface area (Å²) in [6.45, 7) is 5.75. The Morgan fingerprint density at radius 2 is 2.50 bits per heavy atom. The van der Waals surface area contributed by atoms with Crippen molar-refractivity contribution in [2.24, 2.45) is 0 Å². The van der Waals surface area contributed by atoms with Gasteiger partial charge >= 0.3 is 0 Å². The average molecular weight is 187 g/mol. The molecule has 0 aliphatic heterocycles. The molecule has 0 radical (unpaired) electrons. The summed E-state index contributed by atoms with van der Waals surface area (Å²) in [4.78, 5) is 7.38. The SMILES string of the molecule is C=CC(C)Nc1cc2cc[nH]c2cn1. The molecule has 72 valence electrons. The highest BCUT2D eigenvalue weighted by molar-refractivity contribution is 5.80. The first-order valence-corrected chi connectivity index (χ1v) is 4.62. The molecule has 2 heterocycles. The number of hydrogen-bond donors (Lipinski definition) is 2. The van der Waals surface area contributed by atoms with Crippen LogP contribution in [0.4, 0.5) is 5.82 Å². The standard InChI is InChI=1S/C11H13N3/c1-3-8(2)14-11-6-9-4-5-12-10(9)7-13-11/h3-8,12H,1H2,2H3,(H,13,14). The maximum absolute atomic E-state index is 4.28. The predicted octanol–water partition coefficient (Wildman–Crippen LogP) is 2.55. The molecular formula is C11H13N3. The second-order valence-corrected chi connectivity index (χ2v) is 3.30. The highest BCUT2D eigenvalue weighted by Gasteiger charge is 2.00. The van der Waals surface area contributed by atoms with Crippen molar-refractivity contribution in [3.63, 3.8) is 0 Å². The molecule has 0 fully saturated rings. The second-order valence-electron chi connectivity index (χ2n) is 3.30. The number of rotatable bonds is 3. The zero-order valence-electron chi connectivity index (χ0n) is 8.12. The van der Waals surface area contributed by atoms with Crippen LogP contribution in [-0.2, 0) is 0 Å². The maximum Gasteiger partial charge on any atom is 0.127 e. The van der Waals surface area contributed by atoms with Crippen LogP contribution in [0.5, 0.6) is 0 Å². The minimum atomic E-state index is 0.235. The molecule has 0 bridgehead atoms. The number of anilines is 1. The van der Waals surface area contributed by atoms with E-state index in [2.05, 4.69) is 21.9 Å². The van der Waals surface area contributed by atoms with Crippen molar-refractivity contribution < 1.29 is 0 Å². The average Bonchev–Trinajstić information content (AvgIpc) is 2.64. The van der Waals surface area contributed by atoms with Gasteiger partial charge in [0.2, 0.25) is 0 Å². The maximum atomic E-state index is 4.28. The van der Waals surface area contributed by atoms with Gasteiger partial charge in [-0.1, -0.05) is 6.08 Å². The van der Waals surface area contributed by atoms with Gasteiger partial charge in [-0.05, 0) is 19.1 Å². The Bertz CT molecular complexity index is 444. The molecule has 0 aliphatic rings. The van der Waals surface area contributed by atoms with Crippen LogP contribution in [-0.4, -0.2) is 16.0 Å². The third-order valence-electron chi connectivity index (χ3n) is 2.17. The number of nitrogens with zero attached hydrogens (tertiary/aromatic N) is 1. The van der Waals surface area contributed by atoms with E-state index in [1.54, 1.807) is 0 Å². The molecular weight excluding hydrogens is 174 g/mol. The van der Waals surface area contributed by atoms with Gasteiger partial charge in [0.05, 0.1) is 11.7 Å². The van der Waals surface area contributed by atoms with E-state index in [-0.39, 0.29) is 6.04 Å². The first-order valence-electron chi connectivity index (χ1n) is 4.62. The number of fused-ring (bicyclic) bond motifs is 1. The summed E-state index contributed by atoms with van der Waals surface area (Å²) in [7, 11) is 0. The molecule has 14 heavy (non-hydrogen) atoms. The summed E-state index contributed by atoms with van der Waals surface area (Å²) in [5.74, 6) is 0.879. The lowest BCUT2D eigenvalue weighted by Gasteiger charge is -2.09. The van der Waals surface area contributed by atoms with Crippen molar-refractivity contribution in [2.45, 2.75) is 13.0 Å². The first kappa shape index (κ1) is 8.81. The lowest BCUT2D eigenvalue weighted by atomic mass is 10.3. The Labute approximate surface area is 82.9 Å². The first-order chi connectivity index (χ1) is 6.79. The Balaban J connectivity index is 2.29. The van der Waals surface area contributed by atoms with E-state index >= 15 is 0 Å². The van der Waals surface area contributed by atoms with Crippen molar-refractivity contribution in [3.8, 4) is 0 Å². The Morgan fingerprint density at radius 3 is 3.29 bits per heavy atom. The second kappa shape index (κ2) is 3.54. The van der Waals surface area contributed by atoms with Crippen LogP contribution >= 0.6 is 0 Å². The Hall–Kier alpha value is -1.77. The van der Waals surface area contributed by atoms with Gasteiger partial charge in [0.1, 0.15) is 5.82 Å². The van der Waals surface area contributed by atoms with E-state index in [1.807, 2.05) is 37.5 Å². The highest BCUT2D eigenvalue weighted by Crippen LogP contribution is 2.15.